The maximum atomic E-state index is 10.6. The van der Waals surface area contributed by atoms with E-state index in [2.05, 4.69) is 10.9 Å². The van der Waals surface area contributed by atoms with E-state index in [0.717, 1.165) is 12.0 Å². The largest absolute Gasteiger partial charge is 0.303 e. The summed E-state index contributed by atoms with van der Waals surface area (Å²) in [5.74, 6) is 2.19. The minimum absolute atomic E-state index is 0.254. The summed E-state index contributed by atoms with van der Waals surface area (Å²) >= 11 is 0. The molecule has 0 spiro atoms. The molecule has 0 aromatic carbocycles. The summed E-state index contributed by atoms with van der Waals surface area (Å²) in [5, 5.41) is 0. The highest BCUT2D eigenvalue weighted by Gasteiger charge is 2.08. The Kier molecular flexibility index (Phi) is 3.04. The predicted molar refractivity (Wildman–Crippen MR) is 46.5 cm³/mol. The molecule has 0 amide bonds. The van der Waals surface area contributed by atoms with Crippen LogP contribution in [-0.4, -0.2) is 11.3 Å². The van der Waals surface area contributed by atoms with Crippen LogP contribution in [0, 0.1) is 12.3 Å². The van der Waals surface area contributed by atoms with Gasteiger partial charge in [0, 0.05) is 12.6 Å². The third kappa shape index (κ3) is 1.93. The van der Waals surface area contributed by atoms with Gasteiger partial charge in [-0.25, -0.2) is 0 Å². The van der Waals surface area contributed by atoms with E-state index in [9.17, 15) is 4.79 Å². The predicted octanol–water partition coefficient (Wildman–Crippen LogP) is 1.39. The molecule has 0 aliphatic rings. The van der Waals surface area contributed by atoms with Gasteiger partial charge in [-0.3, -0.25) is 4.98 Å². The molecule has 1 rings (SSSR count). The van der Waals surface area contributed by atoms with E-state index in [4.69, 9.17) is 6.42 Å². The Hall–Kier alpha value is -1.62. The van der Waals surface area contributed by atoms with Crippen LogP contribution in [-0.2, 0) is 4.79 Å². The van der Waals surface area contributed by atoms with Crippen LogP contribution in [0.1, 0.15) is 18.0 Å². The molecule has 2 heteroatoms. The lowest BCUT2D eigenvalue weighted by atomic mass is 10.0. The third-order valence-corrected chi connectivity index (χ3v) is 1.57. The second kappa shape index (κ2) is 4.30. The molecule has 0 N–H and O–H groups in total. The summed E-state index contributed by atoms with van der Waals surface area (Å²) in [5.41, 5.74) is 0.741. The zero-order valence-corrected chi connectivity index (χ0v) is 6.60. The summed E-state index contributed by atoms with van der Waals surface area (Å²) in [4.78, 5) is 14.6. The number of pyridine rings is 1. The van der Waals surface area contributed by atoms with E-state index in [-0.39, 0.29) is 5.92 Å². The summed E-state index contributed by atoms with van der Waals surface area (Å²) in [6.07, 6.45) is 8.01. The van der Waals surface area contributed by atoms with Crippen LogP contribution in [0.2, 0.25) is 0 Å². The lowest BCUT2D eigenvalue weighted by molar-refractivity contribution is -0.109. The molecule has 0 saturated carbocycles. The molecular formula is C10H9NO. The Morgan fingerprint density at radius 1 is 1.67 bits per heavy atom. The van der Waals surface area contributed by atoms with Crippen molar-refractivity contribution in [2.75, 3.05) is 0 Å². The van der Waals surface area contributed by atoms with E-state index in [1.165, 1.54) is 0 Å². The third-order valence-electron chi connectivity index (χ3n) is 1.57. The van der Waals surface area contributed by atoms with Crippen molar-refractivity contribution in [3.63, 3.8) is 0 Å². The second-order valence-corrected chi connectivity index (χ2v) is 2.41. The standard InChI is InChI=1S/C10H9NO/c1-2-5-9(8-12)10-6-3-4-7-11-10/h1,3-4,6-9H,5H2. The van der Waals surface area contributed by atoms with Crippen LogP contribution >= 0.6 is 0 Å². The Balaban J connectivity index is 2.81. The van der Waals surface area contributed by atoms with Gasteiger partial charge in [0.15, 0.2) is 0 Å². The molecule has 12 heavy (non-hydrogen) atoms. The summed E-state index contributed by atoms with van der Waals surface area (Å²) < 4.78 is 0. The summed E-state index contributed by atoms with van der Waals surface area (Å²) in [6, 6.07) is 5.45. The maximum Gasteiger partial charge on any atom is 0.129 e. The van der Waals surface area contributed by atoms with Crippen LogP contribution < -0.4 is 0 Å². The smallest absolute Gasteiger partial charge is 0.129 e. The molecule has 1 aromatic rings. The van der Waals surface area contributed by atoms with E-state index < -0.39 is 0 Å². The molecular weight excluding hydrogens is 150 g/mol. The number of nitrogens with zero attached hydrogens (tertiary/aromatic N) is 1. The first-order valence-corrected chi connectivity index (χ1v) is 3.68. The zero-order valence-electron chi connectivity index (χ0n) is 6.60. The van der Waals surface area contributed by atoms with E-state index in [1.54, 1.807) is 18.3 Å². The van der Waals surface area contributed by atoms with E-state index in [0.29, 0.717) is 6.42 Å². The highest BCUT2D eigenvalue weighted by molar-refractivity contribution is 5.61. The van der Waals surface area contributed by atoms with Crippen LogP contribution in [0.25, 0.3) is 0 Å². The number of hydrogen-bond acceptors (Lipinski definition) is 2. The van der Waals surface area contributed by atoms with Crippen molar-refractivity contribution in [2.24, 2.45) is 0 Å². The van der Waals surface area contributed by atoms with Gasteiger partial charge in [0.1, 0.15) is 6.29 Å². The number of hydrogen-bond donors (Lipinski definition) is 0. The van der Waals surface area contributed by atoms with Crippen molar-refractivity contribution >= 4 is 6.29 Å². The van der Waals surface area contributed by atoms with Crippen LogP contribution in [0.15, 0.2) is 24.4 Å². The van der Waals surface area contributed by atoms with Crippen LogP contribution in [0.3, 0.4) is 0 Å². The Morgan fingerprint density at radius 3 is 3.00 bits per heavy atom. The van der Waals surface area contributed by atoms with Gasteiger partial charge in [0.05, 0.1) is 11.6 Å². The van der Waals surface area contributed by atoms with Crippen molar-refractivity contribution < 1.29 is 4.79 Å². The highest BCUT2D eigenvalue weighted by atomic mass is 16.1. The summed E-state index contributed by atoms with van der Waals surface area (Å²) in [6.45, 7) is 0. The van der Waals surface area contributed by atoms with Gasteiger partial charge in [-0.15, -0.1) is 12.3 Å². The van der Waals surface area contributed by atoms with Crippen molar-refractivity contribution in [3.8, 4) is 12.3 Å². The van der Waals surface area contributed by atoms with Gasteiger partial charge in [-0.2, -0.15) is 0 Å². The highest BCUT2D eigenvalue weighted by Crippen LogP contribution is 2.12. The lowest BCUT2D eigenvalue weighted by Gasteiger charge is -2.03. The maximum absolute atomic E-state index is 10.6. The van der Waals surface area contributed by atoms with E-state index >= 15 is 0 Å². The number of rotatable bonds is 3. The number of carbonyl (C=O) groups is 1. The van der Waals surface area contributed by atoms with Gasteiger partial charge in [-0.1, -0.05) is 6.07 Å². The number of aromatic nitrogens is 1. The van der Waals surface area contributed by atoms with Gasteiger partial charge in [0.25, 0.3) is 0 Å². The fourth-order valence-corrected chi connectivity index (χ4v) is 0.945. The van der Waals surface area contributed by atoms with Gasteiger partial charge < -0.3 is 4.79 Å². The molecule has 1 atom stereocenters. The number of terminal acetylenes is 1. The molecule has 60 valence electrons. The van der Waals surface area contributed by atoms with Crippen LogP contribution in [0.4, 0.5) is 0 Å². The first kappa shape index (κ1) is 8.48. The average molecular weight is 159 g/mol. The van der Waals surface area contributed by atoms with E-state index in [1.807, 2.05) is 6.07 Å². The number of carbonyl (C=O) groups excluding carboxylic acids is 1. The van der Waals surface area contributed by atoms with Gasteiger partial charge in [0.2, 0.25) is 0 Å². The molecule has 2 nitrogen and oxygen atoms in total. The summed E-state index contributed by atoms with van der Waals surface area (Å²) in [7, 11) is 0. The normalized spacial score (nSPS) is 11.6. The molecule has 0 aliphatic heterocycles. The van der Waals surface area contributed by atoms with Gasteiger partial charge >= 0.3 is 0 Å². The molecule has 0 radical (unpaired) electrons. The first-order chi connectivity index (χ1) is 5.88. The second-order valence-electron chi connectivity index (χ2n) is 2.41. The van der Waals surface area contributed by atoms with Crippen molar-refractivity contribution in [1.29, 1.82) is 0 Å². The monoisotopic (exact) mass is 159 g/mol. The molecule has 0 saturated heterocycles. The molecule has 1 heterocycles. The Labute approximate surface area is 71.6 Å². The molecule has 1 aromatic heterocycles. The fourth-order valence-electron chi connectivity index (χ4n) is 0.945. The SMILES string of the molecule is C#CCC(C=O)c1ccccn1. The minimum Gasteiger partial charge on any atom is -0.303 e. The Bertz CT molecular complexity index is 286. The number of aldehydes is 1. The topological polar surface area (TPSA) is 30.0 Å². The minimum atomic E-state index is -0.254. The molecule has 0 fully saturated rings. The molecule has 0 bridgehead atoms. The molecule has 1 unspecified atom stereocenters. The fraction of sp³-hybridized carbons (Fsp3) is 0.200. The zero-order chi connectivity index (χ0) is 8.81. The van der Waals surface area contributed by atoms with Crippen molar-refractivity contribution in [2.45, 2.75) is 12.3 Å². The van der Waals surface area contributed by atoms with Gasteiger partial charge in [-0.05, 0) is 12.1 Å². The van der Waals surface area contributed by atoms with Crippen molar-refractivity contribution in [3.05, 3.63) is 30.1 Å². The lowest BCUT2D eigenvalue weighted by Crippen LogP contribution is -2.00. The van der Waals surface area contributed by atoms with Crippen LogP contribution in [0.5, 0.6) is 0 Å². The first-order valence-electron chi connectivity index (χ1n) is 3.68. The van der Waals surface area contributed by atoms with Crippen molar-refractivity contribution in [1.82, 2.24) is 4.98 Å². The average Bonchev–Trinajstić information content (AvgIpc) is 2.15. The Morgan fingerprint density at radius 2 is 2.50 bits per heavy atom. The quantitative estimate of drug-likeness (QED) is 0.492. The molecule has 0 aliphatic carbocycles.